The second kappa shape index (κ2) is 5.68. The first-order valence-electron chi connectivity index (χ1n) is 5.49. The fourth-order valence-electron chi connectivity index (χ4n) is 1.66. The van der Waals surface area contributed by atoms with E-state index in [2.05, 4.69) is 4.98 Å². The van der Waals surface area contributed by atoms with Gasteiger partial charge in [0, 0.05) is 11.6 Å². The highest BCUT2D eigenvalue weighted by atomic mass is 35.5. The highest BCUT2D eigenvalue weighted by molar-refractivity contribution is 7.91. The van der Waals surface area contributed by atoms with Crippen LogP contribution in [0, 0.1) is 31.1 Å². The van der Waals surface area contributed by atoms with E-state index in [9.17, 15) is 8.42 Å². The summed E-state index contributed by atoms with van der Waals surface area (Å²) in [7, 11) is -3.58. The maximum Gasteiger partial charge on any atom is 0.197 e. The monoisotopic (exact) mass is 286 g/mol. The molecule has 1 atom stereocenters. The lowest BCUT2D eigenvalue weighted by Gasteiger charge is -2.11. The maximum absolute atomic E-state index is 12.2. The fraction of sp³-hybridized carbons (Fsp3) is 0.500. The molecule has 1 aromatic rings. The number of nitriles is 1. The molecule has 98 valence electrons. The zero-order valence-electron chi connectivity index (χ0n) is 10.6. The Bertz CT molecular complexity index is 591. The average molecular weight is 287 g/mol. The van der Waals surface area contributed by atoms with Crippen molar-refractivity contribution >= 4 is 21.4 Å². The van der Waals surface area contributed by atoms with Gasteiger partial charge in [-0.2, -0.15) is 5.26 Å². The molecule has 0 aromatic carbocycles. The predicted octanol–water partition coefficient (Wildman–Crippen LogP) is 2.22. The van der Waals surface area contributed by atoms with Crippen molar-refractivity contribution in [3.63, 3.8) is 0 Å². The van der Waals surface area contributed by atoms with E-state index in [1.54, 1.807) is 26.8 Å². The Hall–Kier alpha value is -1.12. The number of pyridine rings is 1. The van der Waals surface area contributed by atoms with Crippen LogP contribution < -0.4 is 0 Å². The molecule has 6 heteroatoms. The van der Waals surface area contributed by atoms with Crippen LogP contribution in [-0.2, 0) is 9.84 Å². The number of sulfone groups is 1. The number of aromatic nitrogens is 1. The van der Waals surface area contributed by atoms with Crippen molar-refractivity contribution in [2.24, 2.45) is 5.92 Å². The molecule has 0 amide bonds. The van der Waals surface area contributed by atoms with Gasteiger partial charge in [-0.15, -0.1) is 11.6 Å². The summed E-state index contributed by atoms with van der Waals surface area (Å²) in [6.07, 6.45) is 0. The predicted molar refractivity (Wildman–Crippen MR) is 70.4 cm³/mol. The first-order chi connectivity index (χ1) is 8.31. The van der Waals surface area contributed by atoms with Crippen molar-refractivity contribution in [2.75, 3.05) is 11.6 Å². The molecule has 0 N–H and O–H groups in total. The Balaban J connectivity index is 3.37. The van der Waals surface area contributed by atoms with Gasteiger partial charge in [-0.05, 0) is 31.4 Å². The SMILES string of the molecule is Cc1cc(C)c(C#N)c(S(=O)(=O)CC(C)CCl)n1. The number of hydrogen-bond acceptors (Lipinski definition) is 4. The minimum atomic E-state index is -3.58. The van der Waals surface area contributed by atoms with Crippen LogP contribution >= 0.6 is 11.6 Å². The molecular weight excluding hydrogens is 272 g/mol. The maximum atomic E-state index is 12.2. The topological polar surface area (TPSA) is 70.8 Å². The lowest BCUT2D eigenvalue weighted by Crippen LogP contribution is -2.18. The molecule has 18 heavy (non-hydrogen) atoms. The molecule has 1 unspecified atom stereocenters. The van der Waals surface area contributed by atoms with E-state index in [0.29, 0.717) is 11.3 Å². The van der Waals surface area contributed by atoms with Gasteiger partial charge in [-0.25, -0.2) is 13.4 Å². The number of alkyl halides is 1. The van der Waals surface area contributed by atoms with Gasteiger partial charge in [0.25, 0.3) is 0 Å². The zero-order chi connectivity index (χ0) is 13.9. The molecule has 1 heterocycles. The summed E-state index contributed by atoms with van der Waals surface area (Å²) in [4.78, 5) is 4.01. The van der Waals surface area contributed by atoms with E-state index in [-0.39, 0.29) is 28.1 Å². The van der Waals surface area contributed by atoms with Crippen molar-refractivity contribution in [2.45, 2.75) is 25.8 Å². The van der Waals surface area contributed by atoms with E-state index in [4.69, 9.17) is 16.9 Å². The molecule has 4 nitrogen and oxygen atoms in total. The molecular formula is C12H15ClN2O2S. The highest BCUT2D eigenvalue weighted by Crippen LogP contribution is 2.20. The van der Waals surface area contributed by atoms with Crippen LogP contribution in [0.3, 0.4) is 0 Å². The van der Waals surface area contributed by atoms with Crippen LogP contribution in [0.25, 0.3) is 0 Å². The molecule has 0 bridgehead atoms. The molecule has 0 saturated carbocycles. The molecule has 0 spiro atoms. The van der Waals surface area contributed by atoms with Crippen LogP contribution in [0.5, 0.6) is 0 Å². The highest BCUT2D eigenvalue weighted by Gasteiger charge is 2.24. The van der Waals surface area contributed by atoms with Crippen molar-refractivity contribution in [1.82, 2.24) is 4.98 Å². The average Bonchev–Trinajstić information content (AvgIpc) is 2.27. The summed E-state index contributed by atoms with van der Waals surface area (Å²) in [5.74, 6) is -0.0154. The van der Waals surface area contributed by atoms with Crippen LogP contribution in [0.2, 0.25) is 0 Å². The van der Waals surface area contributed by atoms with Gasteiger partial charge in [0.15, 0.2) is 14.9 Å². The van der Waals surface area contributed by atoms with Crippen LogP contribution in [0.1, 0.15) is 23.7 Å². The lowest BCUT2D eigenvalue weighted by atomic mass is 10.1. The van der Waals surface area contributed by atoms with Crippen molar-refractivity contribution in [3.05, 3.63) is 22.9 Å². The number of halogens is 1. The summed E-state index contributed by atoms with van der Waals surface area (Å²) in [6.45, 7) is 5.16. The molecule has 0 aliphatic rings. The van der Waals surface area contributed by atoms with E-state index < -0.39 is 9.84 Å². The Morgan fingerprint density at radius 3 is 2.61 bits per heavy atom. The van der Waals surface area contributed by atoms with Gasteiger partial charge in [-0.3, -0.25) is 0 Å². The molecule has 0 aliphatic heterocycles. The standard InChI is InChI=1S/C12H15ClN2O2S/c1-8(5-13)7-18(16,17)12-11(6-14)9(2)4-10(3)15-12/h4,8H,5,7H2,1-3H3. The van der Waals surface area contributed by atoms with E-state index >= 15 is 0 Å². The summed E-state index contributed by atoms with van der Waals surface area (Å²) in [5, 5.41) is 8.94. The molecule has 0 saturated heterocycles. The molecule has 1 aromatic heterocycles. The number of hydrogen-bond donors (Lipinski definition) is 0. The van der Waals surface area contributed by atoms with Gasteiger partial charge >= 0.3 is 0 Å². The molecule has 0 radical (unpaired) electrons. The zero-order valence-corrected chi connectivity index (χ0v) is 12.1. The smallest absolute Gasteiger partial charge is 0.197 e. The van der Waals surface area contributed by atoms with Gasteiger partial charge in [0.1, 0.15) is 6.07 Å². The van der Waals surface area contributed by atoms with Crippen LogP contribution in [0.15, 0.2) is 11.1 Å². The second-order valence-corrected chi connectivity index (χ2v) is 6.67. The molecule has 0 fully saturated rings. The summed E-state index contributed by atoms with van der Waals surface area (Å²) >= 11 is 5.63. The Morgan fingerprint density at radius 1 is 1.50 bits per heavy atom. The summed E-state index contributed by atoms with van der Waals surface area (Å²) < 4.78 is 24.4. The minimum absolute atomic E-state index is 0.0962. The Labute approximate surface area is 113 Å². The van der Waals surface area contributed by atoms with Crippen LogP contribution in [0.4, 0.5) is 0 Å². The Kier molecular flexibility index (Phi) is 4.71. The van der Waals surface area contributed by atoms with Gasteiger partial charge in [0.05, 0.1) is 11.3 Å². The van der Waals surface area contributed by atoms with E-state index in [0.717, 1.165) is 0 Å². The van der Waals surface area contributed by atoms with Crippen molar-refractivity contribution < 1.29 is 8.42 Å². The minimum Gasteiger partial charge on any atom is -0.240 e. The molecule has 1 rings (SSSR count). The van der Waals surface area contributed by atoms with Gasteiger partial charge in [-0.1, -0.05) is 6.92 Å². The second-order valence-electron chi connectivity index (χ2n) is 4.41. The van der Waals surface area contributed by atoms with E-state index in [1.165, 1.54) is 0 Å². The van der Waals surface area contributed by atoms with Crippen molar-refractivity contribution in [3.8, 4) is 6.07 Å². The number of nitrogens with zero attached hydrogens (tertiary/aromatic N) is 2. The third-order valence-corrected chi connectivity index (χ3v) is 4.90. The van der Waals surface area contributed by atoms with E-state index in [1.807, 2.05) is 6.07 Å². The number of rotatable bonds is 4. The molecule has 0 aliphatic carbocycles. The lowest BCUT2D eigenvalue weighted by molar-refractivity contribution is 0.578. The first kappa shape index (κ1) is 14.9. The third kappa shape index (κ3) is 3.21. The third-order valence-electron chi connectivity index (χ3n) is 2.49. The largest absolute Gasteiger partial charge is 0.240 e. The summed E-state index contributed by atoms with van der Waals surface area (Å²) in [5.41, 5.74) is 1.34. The normalized spacial score (nSPS) is 13.1. The fourth-order valence-corrected chi connectivity index (χ4v) is 3.73. The van der Waals surface area contributed by atoms with Crippen molar-refractivity contribution in [1.29, 1.82) is 5.26 Å². The quantitative estimate of drug-likeness (QED) is 0.796. The van der Waals surface area contributed by atoms with Gasteiger partial charge in [0.2, 0.25) is 0 Å². The Morgan fingerprint density at radius 2 is 2.11 bits per heavy atom. The summed E-state index contributed by atoms with van der Waals surface area (Å²) in [6, 6.07) is 3.61. The number of aryl methyl sites for hydroxylation is 2. The van der Waals surface area contributed by atoms with Gasteiger partial charge < -0.3 is 0 Å². The first-order valence-corrected chi connectivity index (χ1v) is 7.67. The van der Waals surface area contributed by atoms with Crippen LogP contribution in [-0.4, -0.2) is 25.0 Å².